The van der Waals surface area contributed by atoms with Crippen LogP contribution < -0.4 is 5.32 Å². The van der Waals surface area contributed by atoms with E-state index in [9.17, 15) is 9.59 Å². The smallest absolute Gasteiger partial charge is 0.325 e. The van der Waals surface area contributed by atoms with Crippen LogP contribution in [0.15, 0.2) is 28.7 Å². The van der Waals surface area contributed by atoms with Gasteiger partial charge in [0.15, 0.2) is 0 Å². The van der Waals surface area contributed by atoms with Crippen molar-refractivity contribution in [3.05, 3.63) is 57.0 Å². The number of hydrogen-bond donors (Lipinski definition) is 1. The summed E-state index contributed by atoms with van der Waals surface area (Å²) in [5.41, 5.74) is 0.00641. The summed E-state index contributed by atoms with van der Waals surface area (Å²) in [6.07, 6.45) is 0. The molecule has 1 aliphatic rings. The van der Waals surface area contributed by atoms with E-state index in [1.165, 1.54) is 0 Å². The van der Waals surface area contributed by atoms with Crippen molar-refractivity contribution in [2.24, 2.45) is 0 Å². The van der Waals surface area contributed by atoms with Crippen LogP contribution in [0.5, 0.6) is 0 Å². The van der Waals surface area contributed by atoms with E-state index in [0.717, 1.165) is 4.90 Å². The van der Waals surface area contributed by atoms with Gasteiger partial charge in [0.2, 0.25) is 0 Å². The maximum Gasteiger partial charge on any atom is 0.325 e. The second-order valence-electron chi connectivity index (χ2n) is 5.97. The van der Waals surface area contributed by atoms with Gasteiger partial charge < -0.3 is 9.73 Å². The third-order valence-corrected chi connectivity index (χ3v) is 4.94. The highest BCUT2D eigenvalue weighted by Crippen LogP contribution is 2.35. The monoisotopic (exact) mass is 366 g/mol. The Bertz CT molecular complexity index is 826. The third kappa shape index (κ3) is 2.58. The SMILES string of the molecule is Cc1cc([C@]2(C)NC(=O)N(Cc3c(Cl)cccc3Cl)C2=O)c(C)o1. The molecular weight excluding hydrogens is 351 g/mol. The predicted octanol–water partition coefficient (Wildman–Crippen LogP) is 4.17. The summed E-state index contributed by atoms with van der Waals surface area (Å²) in [6, 6.07) is 6.33. The van der Waals surface area contributed by atoms with Crippen LogP contribution in [0, 0.1) is 13.8 Å². The van der Waals surface area contributed by atoms with Gasteiger partial charge >= 0.3 is 6.03 Å². The van der Waals surface area contributed by atoms with Gasteiger partial charge in [0.05, 0.1) is 6.54 Å². The summed E-state index contributed by atoms with van der Waals surface area (Å²) in [5, 5.41) is 3.57. The lowest BCUT2D eigenvalue weighted by Gasteiger charge is -2.21. The summed E-state index contributed by atoms with van der Waals surface area (Å²) in [6.45, 7) is 5.23. The van der Waals surface area contributed by atoms with Crippen molar-refractivity contribution in [1.82, 2.24) is 10.2 Å². The zero-order valence-corrected chi connectivity index (χ0v) is 15.0. The molecule has 0 bridgehead atoms. The Morgan fingerprint density at radius 1 is 1.21 bits per heavy atom. The van der Waals surface area contributed by atoms with Crippen molar-refractivity contribution in [2.45, 2.75) is 32.9 Å². The fraction of sp³-hybridized carbons (Fsp3) is 0.294. The summed E-state index contributed by atoms with van der Waals surface area (Å²) < 4.78 is 5.50. The lowest BCUT2D eigenvalue weighted by atomic mass is 9.92. The molecule has 1 N–H and O–H groups in total. The molecular formula is C17H16Cl2N2O3. The molecule has 24 heavy (non-hydrogen) atoms. The molecule has 3 amide bonds. The summed E-state index contributed by atoms with van der Waals surface area (Å²) in [4.78, 5) is 26.5. The minimum absolute atomic E-state index is 0.00858. The molecule has 3 rings (SSSR count). The number of halogens is 2. The Balaban J connectivity index is 1.96. The van der Waals surface area contributed by atoms with Crippen LogP contribution in [-0.4, -0.2) is 16.8 Å². The molecule has 0 unspecified atom stereocenters. The number of imide groups is 1. The van der Waals surface area contributed by atoms with Gasteiger partial charge in [-0.25, -0.2) is 4.79 Å². The second-order valence-corrected chi connectivity index (χ2v) is 6.79. The Kier molecular flexibility index (Phi) is 4.10. The minimum atomic E-state index is -1.17. The normalized spacial score (nSPS) is 20.6. The number of amides is 3. The zero-order chi connectivity index (χ0) is 17.6. The van der Waals surface area contributed by atoms with E-state index in [0.29, 0.717) is 32.7 Å². The number of furan rings is 1. The molecule has 5 nitrogen and oxygen atoms in total. The molecule has 1 atom stereocenters. The topological polar surface area (TPSA) is 62.6 Å². The Labute approximate surface area is 149 Å². The van der Waals surface area contributed by atoms with E-state index < -0.39 is 11.6 Å². The third-order valence-electron chi connectivity index (χ3n) is 4.23. The van der Waals surface area contributed by atoms with Crippen LogP contribution in [0.2, 0.25) is 10.0 Å². The Hall–Kier alpha value is -1.98. The Morgan fingerprint density at radius 3 is 2.38 bits per heavy atom. The summed E-state index contributed by atoms with van der Waals surface area (Å²) >= 11 is 12.3. The van der Waals surface area contributed by atoms with Crippen LogP contribution in [0.1, 0.15) is 29.6 Å². The molecule has 126 valence electrons. The highest BCUT2D eigenvalue weighted by molar-refractivity contribution is 6.36. The number of benzene rings is 1. The maximum absolute atomic E-state index is 12.9. The van der Waals surface area contributed by atoms with E-state index in [4.69, 9.17) is 27.6 Å². The molecule has 0 aliphatic carbocycles. The van der Waals surface area contributed by atoms with Crippen molar-refractivity contribution in [1.29, 1.82) is 0 Å². The van der Waals surface area contributed by atoms with Crippen molar-refractivity contribution < 1.29 is 14.0 Å². The Morgan fingerprint density at radius 2 is 1.83 bits per heavy atom. The van der Waals surface area contributed by atoms with Crippen molar-refractivity contribution in [3.8, 4) is 0 Å². The first-order chi connectivity index (χ1) is 11.2. The first-order valence-corrected chi connectivity index (χ1v) is 8.14. The van der Waals surface area contributed by atoms with E-state index >= 15 is 0 Å². The molecule has 1 fully saturated rings. The van der Waals surface area contributed by atoms with E-state index in [1.54, 1.807) is 45.0 Å². The first-order valence-electron chi connectivity index (χ1n) is 7.38. The minimum Gasteiger partial charge on any atom is -0.466 e. The van der Waals surface area contributed by atoms with Gasteiger partial charge in [0.25, 0.3) is 5.91 Å². The number of nitrogens with one attached hydrogen (secondary N) is 1. The van der Waals surface area contributed by atoms with Gasteiger partial charge in [0.1, 0.15) is 17.1 Å². The number of aryl methyl sites for hydroxylation is 2. The second kappa shape index (κ2) is 5.83. The van der Waals surface area contributed by atoms with Gasteiger partial charge in [-0.2, -0.15) is 0 Å². The number of hydrogen-bond acceptors (Lipinski definition) is 3. The van der Waals surface area contributed by atoms with Crippen molar-refractivity contribution in [3.63, 3.8) is 0 Å². The molecule has 7 heteroatoms. The largest absolute Gasteiger partial charge is 0.466 e. The molecule has 1 aliphatic heterocycles. The van der Waals surface area contributed by atoms with Gasteiger partial charge in [-0.15, -0.1) is 0 Å². The average molecular weight is 367 g/mol. The summed E-state index contributed by atoms with van der Waals surface area (Å²) in [7, 11) is 0. The van der Waals surface area contributed by atoms with Crippen LogP contribution in [-0.2, 0) is 16.9 Å². The lowest BCUT2D eigenvalue weighted by molar-refractivity contribution is -0.131. The average Bonchev–Trinajstić information content (AvgIpc) is 2.94. The lowest BCUT2D eigenvalue weighted by Crippen LogP contribution is -2.41. The number of carbonyl (C=O) groups excluding carboxylic acids is 2. The fourth-order valence-corrected chi connectivity index (χ4v) is 3.51. The molecule has 1 saturated heterocycles. The van der Waals surface area contributed by atoms with Gasteiger partial charge in [-0.1, -0.05) is 29.3 Å². The van der Waals surface area contributed by atoms with Crippen LogP contribution in [0.25, 0.3) is 0 Å². The van der Waals surface area contributed by atoms with Crippen LogP contribution in [0.4, 0.5) is 4.79 Å². The molecule has 1 aromatic carbocycles. The maximum atomic E-state index is 12.9. The van der Waals surface area contributed by atoms with Gasteiger partial charge in [-0.3, -0.25) is 9.69 Å². The van der Waals surface area contributed by atoms with Crippen LogP contribution >= 0.6 is 23.2 Å². The highest BCUT2D eigenvalue weighted by atomic mass is 35.5. The predicted molar refractivity (Wildman–Crippen MR) is 91.1 cm³/mol. The molecule has 0 radical (unpaired) electrons. The number of carbonyl (C=O) groups is 2. The number of urea groups is 1. The summed E-state index contributed by atoms with van der Waals surface area (Å²) in [5.74, 6) is 0.909. The number of rotatable bonds is 3. The first kappa shape index (κ1) is 16.9. The van der Waals surface area contributed by atoms with Crippen LogP contribution in [0.3, 0.4) is 0 Å². The van der Waals surface area contributed by atoms with E-state index in [-0.39, 0.29) is 12.5 Å². The molecule has 0 saturated carbocycles. The van der Waals surface area contributed by atoms with E-state index in [1.807, 2.05) is 0 Å². The number of nitrogens with zero attached hydrogens (tertiary/aromatic N) is 1. The zero-order valence-electron chi connectivity index (χ0n) is 13.4. The molecule has 2 aromatic rings. The highest BCUT2D eigenvalue weighted by Gasteiger charge is 2.50. The fourth-order valence-electron chi connectivity index (χ4n) is 2.99. The van der Waals surface area contributed by atoms with Crippen molar-refractivity contribution >= 4 is 35.1 Å². The van der Waals surface area contributed by atoms with E-state index in [2.05, 4.69) is 5.32 Å². The standard InChI is InChI=1S/C17H16Cl2N2O3/c1-9-7-12(10(2)24-9)17(3)15(22)21(16(23)20-17)8-11-13(18)5-4-6-14(11)19/h4-7H,8H2,1-3H3,(H,20,23)/t17-/m0/s1. The molecule has 2 heterocycles. The van der Waals surface area contributed by atoms with Gasteiger partial charge in [-0.05, 0) is 39.0 Å². The molecule has 0 spiro atoms. The quantitative estimate of drug-likeness (QED) is 0.829. The van der Waals surface area contributed by atoms with Crippen molar-refractivity contribution in [2.75, 3.05) is 0 Å². The molecule has 1 aromatic heterocycles. The van der Waals surface area contributed by atoms with Gasteiger partial charge in [0, 0.05) is 21.2 Å².